The maximum Gasteiger partial charge on any atom is 0.250 e. The van der Waals surface area contributed by atoms with Crippen LogP contribution in [0.25, 0.3) is 6.08 Å². The van der Waals surface area contributed by atoms with Crippen LogP contribution in [0, 0.1) is 5.82 Å². The molecule has 1 aliphatic heterocycles. The van der Waals surface area contributed by atoms with Crippen molar-refractivity contribution in [2.75, 3.05) is 13.2 Å². The number of carbonyl (C=O) groups excluding carboxylic acids is 1. The first-order valence-corrected chi connectivity index (χ1v) is 7.67. The molecule has 4 heteroatoms. The molecule has 0 spiro atoms. The van der Waals surface area contributed by atoms with Crippen LogP contribution >= 0.6 is 0 Å². The van der Waals surface area contributed by atoms with Crippen molar-refractivity contribution < 1.29 is 13.9 Å². The quantitative estimate of drug-likeness (QED) is 0.860. The molecule has 0 saturated heterocycles. The van der Waals surface area contributed by atoms with Gasteiger partial charge in [-0.25, -0.2) is 4.39 Å². The SMILES string of the molecule is O=C(NCCCc1cccc(F)c1)C1=Cc2ccccc2OC1. The van der Waals surface area contributed by atoms with E-state index in [0.717, 1.165) is 29.7 Å². The van der Waals surface area contributed by atoms with Crippen LogP contribution in [0.1, 0.15) is 17.5 Å². The number of carbonyl (C=O) groups is 1. The molecule has 0 bridgehead atoms. The third-order valence-corrected chi connectivity index (χ3v) is 3.74. The topological polar surface area (TPSA) is 38.3 Å². The lowest BCUT2D eigenvalue weighted by Crippen LogP contribution is -2.29. The molecule has 1 amide bonds. The predicted octanol–water partition coefficient (Wildman–Crippen LogP) is 3.35. The lowest BCUT2D eigenvalue weighted by molar-refractivity contribution is -0.117. The third kappa shape index (κ3) is 3.97. The average Bonchev–Trinajstić information content (AvgIpc) is 2.58. The smallest absolute Gasteiger partial charge is 0.250 e. The highest BCUT2D eigenvalue weighted by molar-refractivity contribution is 5.99. The molecule has 1 N–H and O–H groups in total. The Bertz CT molecular complexity index is 740. The van der Waals surface area contributed by atoms with E-state index in [1.807, 2.05) is 36.4 Å². The Morgan fingerprint density at radius 1 is 1.17 bits per heavy atom. The molecule has 0 fully saturated rings. The molecule has 0 unspecified atom stereocenters. The first-order valence-electron chi connectivity index (χ1n) is 7.67. The van der Waals surface area contributed by atoms with Gasteiger partial charge in [0.25, 0.3) is 5.91 Å². The van der Waals surface area contributed by atoms with Crippen molar-refractivity contribution in [2.45, 2.75) is 12.8 Å². The van der Waals surface area contributed by atoms with Gasteiger partial charge in [-0.3, -0.25) is 4.79 Å². The Morgan fingerprint density at radius 2 is 2.04 bits per heavy atom. The minimum absolute atomic E-state index is 0.112. The molecule has 118 valence electrons. The predicted molar refractivity (Wildman–Crippen MR) is 87.6 cm³/mol. The molecule has 0 saturated carbocycles. The molecular weight excluding hydrogens is 293 g/mol. The van der Waals surface area contributed by atoms with E-state index < -0.39 is 0 Å². The van der Waals surface area contributed by atoms with Crippen molar-refractivity contribution in [3.63, 3.8) is 0 Å². The zero-order chi connectivity index (χ0) is 16.1. The minimum atomic E-state index is -0.227. The molecule has 2 aromatic rings. The van der Waals surface area contributed by atoms with Crippen LogP contribution in [0.4, 0.5) is 4.39 Å². The van der Waals surface area contributed by atoms with Gasteiger partial charge in [0.15, 0.2) is 0 Å². The maximum absolute atomic E-state index is 13.1. The molecule has 0 aromatic heterocycles. The zero-order valence-electron chi connectivity index (χ0n) is 12.7. The van der Waals surface area contributed by atoms with E-state index in [-0.39, 0.29) is 18.3 Å². The second kappa shape index (κ2) is 7.09. The highest BCUT2D eigenvalue weighted by Crippen LogP contribution is 2.25. The van der Waals surface area contributed by atoms with Crippen molar-refractivity contribution in [1.29, 1.82) is 0 Å². The fourth-order valence-electron chi connectivity index (χ4n) is 2.55. The van der Waals surface area contributed by atoms with E-state index in [0.29, 0.717) is 12.1 Å². The second-order valence-corrected chi connectivity index (χ2v) is 5.49. The van der Waals surface area contributed by atoms with Crippen LogP contribution in [0.5, 0.6) is 5.75 Å². The van der Waals surface area contributed by atoms with E-state index in [9.17, 15) is 9.18 Å². The summed E-state index contributed by atoms with van der Waals surface area (Å²) in [4.78, 5) is 12.2. The fourth-order valence-corrected chi connectivity index (χ4v) is 2.55. The first kappa shape index (κ1) is 15.3. The third-order valence-electron chi connectivity index (χ3n) is 3.74. The Morgan fingerprint density at radius 3 is 2.91 bits per heavy atom. The van der Waals surface area contributed by atoms with Crippen LogP contribution < -0.4 is 10.1 Å². The number of amides is 1. The number of fused-ring (bicyclic) bond motifs is 1. The summed E-state index contributed by atoms with van der Waals surface area (Å²) in [7, 11) is 0. The van der Waals surface area contributed by atoms with E-state index in [2.05, 4.69) is 5.32 Å². The van der Waals surface area contributed by atoms with E-state index in [1.54, 1.807) is 6.07 Å². The Labute approximate surface area is 134 Å². The summed E-state index contributed by atoms with van der Waals surface area (Å²) in [5.74, 6) is 0.462. The number of hydrogen-bond acceptors (Lipinski definition) is 2. The summed E-state index contributed by atoms with van der Waals surface area (Å²) in [6, 6.07) is 14.2. The molecule has 0 radical (unpaired) electrons. The van der Waals surface area contributed by atoms with Crippen molar-refractivity contribution in [1.82, 2.24) is 5.32 Å². The fraction of sp³-hybridized carbons (Fsp3) is 0.211. The second-order valence-electron chi connectivity index (χ2n) is 5.49. The van der Waals surface area contributed by atoms with Gasteiger partial charge in [-0.1, -0.05) is 30.3 Å². The first-order chi connectivity index (χ1) is 11.2. The largest absolute Gasteiger partial charge is 0.488 e. The lowest BCUT2D eigenvalue weighted by Gasteiger charge is -2.17. The minimum Gasteiger partial charge on any atom is -0.488 e. The van der Waals surface area contributed by atoms with Gasteiger partial charge in [-0.2, -0.15) is 0 Å². The van der Waals surface area contributed by atoms with Crippen molar-refractivity contribution >= 4 is 12.0 Å². The van der Waals surface area contributed by atoms with E-state index in [4.69, 9.17) is 4.74 Å². The highest BCUT2D eigenvalue weighted by atomic mass is 19.1. The number of hydrogen-bond donors (Lipinski definition) is 1. The number of nitrogens with one attached hydrogen (secondary N) is 1. The molecule has 1 aliphatic rings. The molecule has 3 rings (SSSR count). The van der Waals surface area contributed by atoms with Crippen molar-refractivity contribution in [2.24, 2.45) is 0 Å². The van der Waals surface area contributed by atoms with Gasteiger partial charge in [-0.05, 0) is 42.7 Å². The molecular formula is C19H18FNO2. The number of rotatable bonds is 5. The Balaban J connectivity index is 1.50. The van der Waals surface area contributed by atoms with Gasteiger partial charge in [0.05, 0.1) is 5.57 Å². The van der Waals surface area contributed by atoms with Crippen LogP contribution in [-0.2, 0) is 11.2 Å². The summed E-state index contributed by atoms with van der Waals surface area (Å²) < 4.78 is 18.7. The summed E-state index contributed by atoms with van der Waals surface area (Å²) >= 11 is 0. The van der Waals surface area contributed by atoms with Gasteiger partial charge < -0.3 is 10.1 Å². The van der Waals surface area contributed by atoms with Gasteiger partial charge in [0, 0.05) is 12.1 Å². The van der Waals surface area contributed by atoms with Crippen LogP contribution in [0.3, 0.4) is 0 Å². The normalized spacial score (nSPS) is 12.8. The van der Waals surface area contributed by atoms with Gasteiger partial charge in [-0.15, -0.1) is 0 Å². The van der Waals surface area contributed by atoms with Gasteiger partial charge in [0.2, 0.25) is 0 Å². The molecule has 1 heterocycles. The number of ether oxygens (including phenoxy) is 1. The average molecular weight is 311 g/mol. The van der Waals surface area contributed by atoms with E-state index in [1.165, 1.54) is 12.1 Å². The van der Waals surface area contributed by atoms with Crippen molar-refractivity contribution in [3.05, 3.63) is 71.0 Å². The standard InChI is InChI=1S/C19H18FNO2/c20-17-8-3-5-14(11-17)6-4-10-21-19(22)16-12-15-7-1-2-9-18(15)23-13-16/h1-3,5,7-9,11-12H,4,6,10,13H2,(H,21,22). The monoisotopic (exact) mass is 311 g/mol. The van der Waals surface area contributed by atoms with Crippen molar-refractivity contribution in [3.8, 4) is 5.75 Å². The van der Waals surface area contributed by atoms with Gasteiger partial charge in [0.1, 0.15) is 18.2 Å². The molecule has 3 nitrogen and oxygen atoms in total. The van der Waals surface area contributed by atoms with Crippen LogP contribution in [-0.4, -0.2) is 19.1 Å². The Hall–Kier alpha value is -2.62. The number of benzene rings is 2. The number of halogens is 1. The maximum atomic E-state index is 13.1. The van der Waals surface area contributed by atoms with Gasteiger partial charge >= 0.3 is 0 Å². The summed E-state index contributed by atoms with van der Waals surface area (Å²) in [5, 5.41) is 2.89. The summed E-state index contributed by atoms with van der Waals surface area (Å²) in [5.41, 5.74) is 2.48. The molecule has 0 atom stereocenters. The lowest BCUT2D eigenvalue weighted by atomic mass is 10.1. The molecule has 2 aromatic carbocycles. The zero-order valence-corrected chi connectivity index (χ0v) is 12.7. The number of aryl methyl sites for hydroxylation is 1. The molecule has 0 aliphatic carbocycles. The number of para-hydroxylation sites is 1. The van der Waals surface area contributed by atoms with E-state index >= 15 is 0 Å². The summed E-state index contributed by atoms with van der Waals surface area (Å²) in [6.45, 7) is 0.834. The highest BCUT2D eigenvalue weighted by Gasteiger charge is 2.16. The molecule has 23 heavy (non-hydrogen) atoms. The Kier molecular flexibility index (Phi) is 4.71. The summed E-state index contributed by atoms with van der Waals surface area (Å²) in [6.07, 6.45) is 3.36. The van der Waals surface area contributed by atoms with Crippen LogP contribution in [0.2, 0.25) is 0 Å². The van der Waals surface area contributed by atoms with Crippen LogP contribution in [0.15, 0.2) is 54.1 Å².